The Hall–Kier alpha value is -1.40. The van der Waals surface area contributed by atoms with E-state index in [-0.39, 0.29) is 46.0 Å². The van der Waals surface area contributed by atoms with Crippen molar-refractivity contribution >= 4 is 40.1 Å². The number of nitrogens with two attached hydrogens (primary N) is 4. The third-order valence-corrected chi connectivity index (χ3v) is 14.9. The highest BCUT2D eigenvalue weighted by atomic mass is 32.2. The van der Waals surface area contributed by atoms with Crippen LogP contribution in [-0.2, 0) is 40.1 Å². The van der Waals surface area contributed by atoms with Gasteiger partial charge in [0, 0.05) is 0 Å². The van der Waals surface area contributed by atoms with E-state index in [9.17, 15) is 33.7 Å². The molecule has 55 heavy (non-hydrogen) atoms. The van der Waals surface area contributed by atoms with Crippen LogP contribution in [0.15, 0.2) is 50.6 Å². The van der Waals surface area contributed by atoms with E-state index < -0.39 is 61.1 Å². The summed E-state index contributed by atoms with van der Waals surface area (Å²) in [6.07, 6.45) is 15.6. The Morgan fingerprint density at radius 2 is 0.509 bits per heavy atom. The average Bonchev–Trinajstić information content (AvgIpc) is 2.99. The van der Waals surface area contributed by atoms with Crippen molar-refractivity contribution in [1.82, 2.24) is 0 Å². The fourth-order valence-corrected chi connectivity index (χ4v) is 11.2. The second-order valence-electron chi connectivity index (χ2n) is 13.7. The van der Waals surface area contributed by atoms with E-state index in [0.717, 1.165) is 25.7 Å². The highest BCUT2D eigenvalue weighted by molar-refractivity contribution is 7.90. The smallest absolute Gasteiger partial charge is 0.212 e. The quantitative estimate of drug-likeness (QED) is 0.0684. The summed E-state index contributed by atoms with van der Waals surface area (Å²) in [7, 11) is -13.6. The Kier molecular flexibility index (Phi) is 44.4. The highest BCUT2D eigenvalue weighted by Crippen LogP contribution is 2.22. The lowest BCUT2D eigenvalue weighted by Crippen LogP contribution is -2.33. The third-order valence-electron chi connectivity index (χ3n) is 8.67. The van der Waals surface area contributed by atoms with E-state index in [2.05, 4.69) is 26.3 Å². The van der Waals surface area contributed by atoms with Crippen LogP contribution in [0.1, 0.15) is 155 Å². The standard InChI is InChI=1S/4C9H19NO2S.3CH4/c4*1-4-6-8(3)9(7-5-2)13(10,11)12;;;/h4*4,8-9H,1,5-7H2,2-3H3,(H2,10,11,12);3*1H4/t2*8-,9+;2*8-,9-;;;/m1010.../s1. The summed E-state index contributed by atoms with van der Waals surface area (Å²) in [4.78, 5) is 0. The van der Waals surface area contributed by atoms with Crippen molar-refractivity contribution in [2.24, 2.45) is 44.2 Å². The SMILES string of the molecule is C.C.C.C=CC[C@@H](C)[C@@H](CCC)S(N)(=O)=O.C=CC[C@@H](C)[C@H](CCC)S(N)(=O)=O.C=CC[C@H](C)[C@@H](CCC)S(N)(=O)=O.C=CC[C@H](C)[C@H](CCC)S(N)(=O)=O. The Labute approximate surface area is 342 Å². The number of rotatable bonds is 24. The summed E-state index contributed by atoms with van der Waals surface area (Å²) in [5.74, 6) is 0.250. The first-order valence-electron chi connectivity index (χ1n) is 18.2. The van der Waals surface area contributed by atoms with E-state index in [0.29, 0.717) is 51.4 Å². The number of primary sulfonamides is 4. The molecule has 0 rings (SSSR count). The molecule has 12 nitrogen and oxygen atoms in total. The van der Waals surface area contributed by atoms with Crippen LogP contribution in [0.4, 0.5) is 0 Å². The Morgan fingerprint density at radius 3 is 0.582 bits per heavy atom. The molecule has 0 aromatic carbocycles. The van der Waals surface area contributed by atoms with Crippen molar-refractivity contribution in [3.63, 3.8) is 0 Å². The number of hydrogen-bond acceptors (Lipinski definition) is 8. The van der Waals surface area contributed by atoms with Gasteiger partial charge in [0.05, 0.1) is 21.0 Å². The third kappa shape index (κ3) is 34.4. The molecule has 0 bridgehead atoms. The minimum Gasteiger partial charge on any atom is -0.228 e. The predicted octanol–water partition coefficient (Wildman–Crippen LogP) is 8.53. The van der Waals surface area contributed by atoms with Gasteiger partial charge in [0.15, 0.2) is 0 Å². The second-order valence-corrected chi connectivity index (χ2v) is 20.8. The number of sulfonamides is 4. The van der Waals surface area contributed by atoms with Crippen molar-refractivity contribution < 1.29 is 33.7 Å². The maximum Gasteiger partial charge on any atom is 0.212 e. The molecule has 0 heterocycles. The summed E-state index contributed by atoms with van der Waals surface area (Å²) in [6, 6.07) is 0. The molecule has 0 radical (unpaired) electrons. The zero-order valence-electron chi connectivity index (χ0n) is 33.5. The summed E-state index contributed by atoms with van der Waals surface area (Å²) in [5, 5.41) is 18.9. The fraction of sp³-hybridized carbons (Fsp3) is 0.795. The minimum absolute atomic E-state index is 0. The van der Waals surface area contributed by atoms with Gasteiger partial charge in [0.25, 0.3) is 0 Å². The molecule has 0 aliphatic heterocycles. The largest absolute Gasteiger partial charge is 0.228 e. The van der Waals surface area contributed by atoms with E-state index in [4.69, 9.17) is 20.6 Å². The van der Waals surface area contributed by atoms with Gasteiger partial charge in [-0.05, 0) is 75.0 Å². The van der Waals surface area contributed by atoms with Crippen molar-refractivity contribution in [1.29, 1.82) is 0 Å². The van der Waals surface area contributed by atoms with Gasteiger partial charge in [-0.25, -0.2) is 54.2 Å². The lowest BCUT2D eigenvalue weighted by molar-refractivity contribution is 0.485. The molecular weight excluding hydrogens is 781 g/mol. The first-order valence-corrected chi connectivity index (χ1v) is 24.7. The first kappa shape index (κ1) is 68.3. The summed E-state index contributed by atoms with van der Waals surface area (Å²) >= 11 is 0. The normalized spacial score (nSPS) is 15.6. The van der Waals surface area contributed by atoms with Crippen LogP contribution in [0.3, 0.4) is 0 Å². The van der Waals surface area contributed by atoms with Crippen molar-refractivity contribution in [2.45, 2.75) is 176 Å². The molecule has 0 aromatic heterocycles. The van der Waals surface area contributed by atoms with Gasteiger partial charge in [-0.3, -0.25) is 0 Å². The van der Waals surface area contributed by atoms with Crippen LogP contribution in [0.2, 0.25) is 0 Å². The van der Waals surface area contributed by atoms with Gasteiger partial charge < -0.3 is 0 Å². The van der Waals surface area contributed by atoms with Crippen LogP contribution in [0.25, 0.3) is 0 Å². The molecule has 0 fully saturated rings. The molecule has 0 aromatic rings. The van der Waals surface area contributed by atoms with Gasteiger partial charge in [-0.2, -0.15) is 0 Å². The molecular formula is C39H88N4O8S4. The van der Waals surface area contributed by atoms with Gasteiger partial charge in [-0.15, -0.1) is 26.3 Å². The summed E-state index contributed by atoms with van der Waals surface area (Å²) in [6.45, 7) is 29.8. The number of allylic oxidation sites excluding steroid dienone is 4. The van der Waals surface area contributed by atoms with E-state index in [1.807, 2.05) is 55.4 Å². The minimum atomic E-state index is -3.40. The van der Waals surface area contributed by atoms with E-state index in [1.165, 1.54) is 0 Å². The lowest BCUT2D eigenvalue weighted by Gasteiger charge is -2.19. The molecule has 8 atom stereocenters. The molecule has 0 aliphatic rings. The van der Waals surface area contributed by atoms with Crippen molar-refractivity contribution in [2.75, 3.05) is 0 Å². The molecule has 16 heteroatoms. The van der Waals surface area contributed by atoms with Crippen LogP contribution >= 0.6 is 0 Å². The molecule has 0 spiro atoms. The van der Waals surface area contributed by atoms with Crippen LogP contribution in [0, 0.1) is 23.7 Å². The topological polar surface area (TPSA) is 241 Å². The monoisotopic (exact) mass is 869 g/mol. The highest BCUT2D eigenvalue weighted by Gasteiger charge is 2.28. The Balaban J connectivity index is -0.000000110. The predicted molar refractivity (Wildman–Crippen MR) is 243 cm³/mol. The van der Waals surface area contributed by atoms with Gasteiger partial charge in [0.2, 0.25) is 40.1 Å². The van der Waals surface area contributed by atoms with E-state index in [1.54, 1.807) is 24.3 Å². The molecule has 0 saturated carbocycles. The van der Waals surface area contributed by atoms with Crippen molar-refractivity contribution in [3.8, 4) is 0 Å². The summed E-state index contributed by atoms with van der Waals surface area (Å²) < 4.78 is 89.4. The number of hydrogen-bond donors (Lipinski definition) is 4. The molecule has 0 aliphatic carbocycles. The molecule has 0 saturated heterocycles. The fourth-order valence-electron chi connectivity index (χ4n) is 5.89. The molecule has 336 valence electrons. The molecule has 0 unspecified atom stereocenters. The van der Waals surface area contributed by atoms with Crippen molar-refractivity contribution in [3.05, 3.63) is 50.6 Å². The first-order chi connectivity index (χ1) is 23.7. The zero-order chi connectivity index (χ0) is 41.9. The lowest BCUT2D eigenvalue weighted by atomic mass is 10.0. The molecule has 0 amide bonds. The van der Waals surface area contributed by atoms with Gasteiger partial charge >= 0.3 is 0 Å². The van der Waals surface area contributed by atoms with E-state index >= 15 is 0 Å². The van der Waals surface area contributed by atoms with Gasteiger partial charge in [0.1, 0.15) is 0 Å². The van der Waals surface area contributed by atoms with Crippen LogP contribution in [-0.4, -0.2) is 54.7 Å². The zero-order valence-corrected chi connectivity index (χ0v) is 36.7. The van der Waals surface area contributed by atoms with Crippen LogP contribution < -0.4 is 20.6 Å². The summed E-state index contributed by atoms with van der Waals surface area (Å²) in [5.41, 5.74) is 0. The van der Waals surface area contributed by atoms with Gasteiger partial charge in [-0.1, -0.05) is 128 Å². The Morgan fingerprint density at radius 1 is 0.382 bits per heavy atom. The molecule has 8 N–H and O–H groups in total. The second kappa shape index (κ2) is 35.7. The maximum atomic E-state index is 11.2. The Bertz CT molecular complexity index is 1200. The average molecular weight is 869 g/mol. The maximum absolute atomic E-state index is 11.2. The van der Waals surface area contributed by atoms with Crippen LogP contribution in [0.5, 0.6) is 0 Å².